The zero-order valence-electron chi connectivity index (χ0n) is 15.6. The van der Waals surface area contributed by atoms with Gasteiger partial charge in [0.25, 0.3) is 0 Å². The van der Waals surface area contributed by atoms with Crippen LogP contribution in [0.25, 0.3) is 11.3 Å². The third-order valence-electron chi connectivity index (χ3n) is 5.61. The van der Waals surface area contributed by atoms with Crippen molar-refractivity contribution in [2.45, 2.75) is 32.2 Å². The van der Waals surface area contributed by atoms with Crippen LogP contribution in [0.5, 0.6) is 0 Å². The number of hydrogen-bond acceptors (Lipinski definition) is 5. The van der Waals surface area contributed by atoms with Crippen LogP contribution in [0.15, 0.2) is 36.4 Å². The fourth-order valence-electron chi connectivity index (χ4n) is 3.89. The van der Waals surface area contributed by atoms with E-state index in [0.717, 1.165) is 30.2 Å². The van der Waals surface area contributed by atoms with E-state index in [4.69, 9.17) is 0 Å². The summed E-state index contributed by atoms with van der Waals surface area (Å²) < 4.78 is 0. The smallest absolute Gasteiger partial charge is 0.151 e. The fraction of sp³-hybridized carbons (Fsp3) is 0.524. The number of nitrogens with zero attached hydrogens (tertiary/aromatic N) is 4. The number of likely N-dealkylation sites (tertiary alicyclic amines) is 1. The van der Waals surface area contributed by atoms with E-state index in [1.807, 2.05) is 11.8 Å². The summed E-state index contributed by atoms with van der Waals surface area (Å²) in [6.07, 6.45) is 4.05. The molecule has 4 rings (SSSR count). The maximum Gasteiger partial charge on any atom is 0.151 e. The first-order valence-electron chi connectivity index (χ1n) is 9.82. The molecule has 1 aromatic heterocycles. The molecule has 4 nitrogen and oxygen atoms in total. The van der Waals surface area contributed by atoms with Crippen LogP contribution in [-0.4, -0.2) is 52.8 Å². The number of benzene rings is 1. The molecular weight excluding hydrogens is 340 g/mol. The molecule has 1 aromatic carbocycles. The highest BCUT2D eigenvalue weighted by atomic mass is 32.2. The van der Waals surface area contributed by atoms with Crippen molar-refractivity contribution >= 4 is 17.6 Å². The Balaban J connectivity index is 1.44. The highest BCUT2D eigenvalue weighted by Crippen LogP contribution is 2.26. The second kappa shape index (κ2) is 8.40. The second-order valence-corrected chi connectivity index (χ2v) is 8.50. The van der Waals surface area contributed by atoms with Gasteiger partial charge in [-0.05, 0) is 50.6 Å². The monoisotopic (exact) mass is 368 g/mol. The van der Waals surface area contributed by atoms with E-state index < -0.39 is 0 Å². The third-order valence-corrected chi connectivity index (χ3v) is 6.56. The standard InChI is InChI=1S/C21H28N4S/c1-17(24-11-3-2-4-12-24)18-5-7-19(8-6-18)20-9-10-21(23-22-20)25-13-15-26-16-14-25/h5-10,17H,2-4,11-16H2,1H3/t17-/m1/s1. The van der Waals surface area contributed by atoms with Crippen LogP contribution >= 0.6 is 11.8 Å². The SMILES string of the molecule is C[C@H](c1ccc(-c2ccc(N3CCSCC3)nn2)cc1)N1CCCCC1. The summed E-state index contributed by atoms with van der Waals surface area (Å²) in [5.41, 5.74) is 3.50. The Bertz CT molecular complexity index is 689. The average Bonchev–Trinajstić information content (AvgIpc) is 2.75. The van der Waals surface area contributed by atoms with Crippen molar-refractivity contribution in [1.29, 1.82) is 0 Å². The van der Waals surface area contributed by atoms with Gasteiger partial charge in [0.1, 0.15) is 0 Å². The summed E-state index contributed by atoms with van der Waals surface area (Å²) >= 11 is 2.01. The van der Waals surface area contributed by atoms with Gasteiger partial charge in [-0.25, -0.2) is 0 Å². The molecule has 2 aromatic rings. The van der Waals surface area contributed by atoms with Crippen molar-refractivity contribution in [3.05, 3.63) is 42.0 Å². The number of thioether (sulfide) groups is 1. The van der Waals surface area contributed by atoms with Crippen molar-refractivity contribution < 1.29 is 0 Å². The highest BCUT2D eigenvalue weighted by molar-refractivity contribution is 7.99. The molecule has 0 saturated carbocycles. The molecule has 138 valence electrons. The van der Waals surface area contributed by atoms with E-state index >= 15 is 0 Å². The summed E-state index contributed by atoms with van der Waals surface area (Å²) in [6, 6.07) is 13.6. The maximum atomic E-state index is 4.48. The number of piperidine rings is 1. The van der Waals surface area contributed by atoms with E-state index in [2.05, 4.69) is 63.3 Å². The lowest BCUT2D eigenvalue weighted by atomic mass is 10.0. The molecule has 2 saturated heterocycles. The van der Waals surface area contributed by atoms with Gasteiger partial charge < -0.3 is 4.90 Å². The molecule has 0 radical (unpaired) electrons. The first-order chi connectivity index (χ1) is 12.8. The van der Waals surface area contributed by atoms with Crippen LogP contribution in [0.4, 0.5) is 5.82 Å². The second-order valence-electron chi connectivity index (χ2n) is 7.27. The van der Waals surface area contributed by atoms with Gasteiger partial charge in [0.15, 0.2) is 5.82 Å². The molecule has 2 aliphatic heterocycles. The Kier molecular flexibility index (Phi) is 5.75. The fourth-order valence-corrected chi connectivity index (χ4v) is 4.79. The van der Waals surface area contributed by atoms with E-state index in [-0.39, 0.29) is 0 Å². The van der Waals surface area contributed by atoms with Crippen LogP contribution in [0, 0.1) is 0 Å². The maximum absolute atomic E-state index is 4.48. The van der Waals surface area contributed by atoms with E-state index in [1.54, 1.807) is 0 Å². The van der Waals surface area contributed by atoms with Gasteiger partial charge in [-0.3, -0.25) is 4.90 Å². The first-order valence-corrected chi connectivity index (χ1v) is 11.0. The van der Waals surface area contributed by atoms with Gasteiger partial charge in [0.05, 0.1) is 5.69 Å². The Morgan fingerprint density at radius 1 is 0.846 bits per heavy atom. The van der Waals surface area contributed by atoms with Crippen LogP contribution in [0.1, 0.15) is 37.8 Å². The molecule has 2 aliphatic rings. The lowest BCUT2D eigenvalue weighted by Crippen LogP contribution is -2.33. The minimum Gasteiger partial charge on any atom is -0.353 e. The average molecular weight is 369 g/mol. The molecule has 0 bridgehead atoms. The van der Waals surface area contributed by atoms with Crippen molar-refractivity contribution in [3.8, 4) is 11.3 Å². The van der Waals surface area contributed by atoms with Gasteiger partial charge in [0, 0.05) is 36.2 Å². The summed E-state index contributed by atoms with van der Waals surface area (Å²) in [5.74, 6) is 3.37. The third kappa shape index (κ3) is 4.04. The Hall–Kier alpha value is -1.59. The summed E-state index contributed by atoms with van der Waals surface area (Å²) in [7, 11) is 0. The molecule has 0 unspecified atom stereocenters. The largest absolute Gasteiger partial charge is 0.353 e. The number of hydrogen-bond donors (Lipinski definition) is 0. The van der Waals surface area contributed by atoms with Crippen molar-refractivity contribution in [2.24, 2.45) is 0 Å². The quantitative estimate of drug-likeness (QED) is 0.806. The first kappa shape index (κ1) is 17.8. The van der Waals surface area contributed by atoms with Crippen LogP contribution in [0.2, 0.25) is 0 Å². The highest BCUT2D eigenvalue weighted by Gasteiger charge is 2.18. The number of aromatic nitrogens is 2. The molecule has 3 heterocycles. The zero-order valence-corrected chi connectivity index (χ0v) is 16.4. The van der Waals surface area contributed by atoms with Gasteiger partial charge in [0.2, 0.25) is 0 Å². The van der Waals surface area contributed by atoms with Crippen LogP contribution in [-0.2, 0) is 0 Å². The molecule has 0 aliphatic carbocycles. The van der Waals surface area contributed by atoms with Gasteiger partial charge in [-0.15, -0.1) is 10.2 Å². The van der Waals surface area contributed by atoms with Crippen LogP contribution in [0.3, 0.4) is 0 Å². The van der Waals surface area contributed by atoms with Crippen molar-refractivity contribution in [3.63, 3.8) is 0 Å². The topological polar surface area (TPSA) is 32.3 Å². The van der Waals surface area contributed by atoms with Gasteiger partial charge >= 0.3 is 0 Å². The molecule has 0 amide bonds. The minimum absolute atomic E-state index is 0.495. The number of rotatable bonds is 4. The predicted molar refractivity (Wildman–Crippen MR) is 111 cm³/mol. The van der Waals surface area contributed by atoms with Gasteiger partial charge in [-0.2, -0.15) is 11.8 Å². The van der Waals surface area contributed by atoms with E-state index in [9.17, 15) is 0 Å². The van der Waals surface area contributed by atoms with Crippen LogP contribution < -0.4 is 4.90 Å². The Morgan fingerprint density at radius 3 is 2.23 bits per heavy atom. The molecule has 0 spiro atoms. The zero-order chi connectivity index (χ0) is 17.8. The molecular formula is C21H28N4S. The Labute approximate surface area is 161 Å². The summed E-state index contributed by atoms with van der Waals surface area (Å²) in [6.45, 7) is 6.92. The molecule has 26 heavy (non-hydrogen) atoms. The molecule has 2 fully saturated rings. The van der Waals surface area contributed by atoms with Gasteiger partial charge in [-0.1, -0.05) is 30.7 Å². The predicted octanol–water partition coefficient (Wildman–Crippen LogP) is 4.24. The summed E-state index contributed by atoms with van der Waals surface area (Å²) in [5, 5.41) is 8.95. The van der Waals surface area contributed by atoms with Crippen molar-refractivity contribution in [2.75, 3.05) is 42.6 Å². The normalized spacial score (nSPS) is 20.1. The van der Waals surface area contributed by atoms with Crippen molar-refractivity contribution in [1.82, 2.24) is 15.1 Å². The Morgan fingerprint density at radius 2 is 1.58 bits per heavy atom. The lowest BCUT2D eigenvalue weighted by Gasteiger charge is -2.32. The van der Waals surface area contributed by atoms with E-state index in [0.29, 0.717) is 6.04 Å². The van der Waals surface area contributed by atoms with E-state index in [1.165, 1.54) is 49.4 Å². The minimum atomic E-state index is 0.495. The molecule has 0 N–H and O–H groups in total. The number of anilines is 1. The molecule has 1 atom stereocenters. The molecule has 5 heteroatoms. The lowest BCUT2D eigenvalue weighted by molar-refractivity contribution is 0.175. The summed E-state index contributed by atoms with van der Waals surface area (Å²) in [4.78, 5) is 4.93.